The first-order chi connectivity index (χ1) is 9.14. The number of nitrogens with two attached hydrogens (primary N) is 1. The summed E-state index contributed by atoms with van der Waals surface area (Å²) in [6, 6.07) is 16.7. The molecule has 2 aromatic carbocycles. The lowest BCUT2D eigenvalue weighted by Gasteiger charge is -2.22. The van der Waals surface area contributed by atoms with Gasteiger partial charge in [0, 0.05) is 0 Å². The molecule has 0 heterocycles. The van der Waals surface area contributed by atoms with Gasteiger partial charge in [-0.05, 0) is 29.8 Å². The van der Waals surface area contributed by atoms with Crippen LogP contribution in [0.25, 0.3) is 0 Å². The minimum absolute atomic E-state index is 0.000848. The first-order valence-corrected chi connectivity index (χ1v) is 5.78. The van der Waals surface area contributed by atoms with E-state index in [-0.39, 0.29) is 12.4 Å². The van der Waals surface area contributed by atoms with Gasteiger partial charge >= 0.3 is 0 Å². The Labute approximate surface area is 111 Å². The monoisotopic (exact) mass is 256 g/mol. The number of nitrogens with zero attached hydrogens (tertiary/aromatic N) is 1. The summed E-state index contributed by atoms with van der Waals surface area (Å²) in [5.74, 6) is 0.136. The number of hydrogen-bond acceptors (Lipinski definition) is 3. The Kier molecular flexibility index (Phi) is 3.79. The molecule has 1 unspecified atom stereocenters. The lowest BCUT2D eigenvalue weighted by atomic mass is 9.94. The fourth-order valence-corrected chi connectivity index (χ4v) is 1.64. The first-order valence-electron chi connectivity index (χ1n) is 5.78. The molecule has 4 heteroatoms. The highest BCUT2D eigenvalue weighted by Gasteiger charge is 2.28. The number of hydrogen-bond donors (Lipinski definition) is 1. The number of benzene rings is 2. The van der Waals surface area contributed by atoms with Crippen LogP contribution in [-0.4, -0.2) is 6.61 Å². The van der Waals surface area contributed by atoms with Gasteiger partial charge in [0.2, 0.25) is 0 Å². The molecule has 2 rings (SSSR count). The number of ether oxygens (including phenoxy) is 1. The first kappa shape index (κ1) is 13.1. The van der Waals surface area contributed by atoms with Gasteiger partial charge in [-0.25, -0.2) is 4.39 Å². The molecule has 96 valence electrons. The number of rotatable bonds is 4. The topological polar surface area (TPSA) is 59.0 Å². The van der Waals surface area contributed by atoms with Gasteiger partial charge in [-0.1, -0.05) is 30.3 Å². The van der Waals surface area contributed by atoms with Gasteiger partial charge in [0.15, 0.2) is 5.54 Å². The molecule has 0 aliphatic rings. The third-order valence-corrected chi connectivity index (χ3v) is 2.77. The van der Waals surface area contributed by atoms with Crippen LogP contribution in [0.1, 0.15) is 5.56 Å². The highest BCUT2D eigenvalue weighted by Crippen LogP contribution is 2.20. The predicted octanol–water partition coefficient (Wildman–Crippen LogP) is 2.58. The second-order valence-electron chi connectivity index (χ2n) is 4.19. The third kappa shape index (κ3) is 3.09. The largest absolute Gasteiger partial charge is 0.490 e. The molecule has 0 bridgehead atoms. The van der Waals surface area contributed by atoms with Crippen LogP contribution in [-0.2, 0) is 5.54 Å². The van der Waals surface area contributed by atoms with Crippen molar-refractivity contribution in [3.05, 3.63) is 66.0 Å². The SMILES string of the molecule is N#CC(N)(COc1ccc(F)cc1)c1ccccc1. The molecule has 0 aliphatic carbocycles. The van der Waals surface area contributed by atoms with Crippen molar-refractivity contribution in [3.8, 4) is 11.8 Å². The zero-order valence-corrected chi connectivity index (χ0v) is 10.2. The van der Waals surface area contributed by atoms with Gasteiger partial charge in [-0.2, -0.15) is 5.26 Å². The van der Waals surface area contributed by atoms with E-state index >= 15 is 0 Å². The van der Waals surface area contributed by atoms with Crippen molar-refractivity contribution in [2.24, 2.45) is 5.73 Å². The summed E-state index contributed by atoms with van der Waals surface area (Å²) in [5, 5.41) is 9.25. The van der Waals surface area contributed by atoms with E-state index in [0.717, 1.165) is 0 Å². The van der Waals surface area contributed by atoms with Gasteiger partial charge in [-0.15, -0.1) is 0 Å². The van der Waals surface area contributed by atoms with E-state index in [9.17, 15) is 9.65 Å². The normalized spacial score (nSPS) is 13.3. The molecule has 0 aromatic heterocycles. The summed E-state index contributed by atoms with van der Waals surface area (Å²) in [5.41, 5.74) is 5.49. The predicted molar refractivity (Wildman–Crippen MR) is 69.8 cm³/mol. The molecule has 0 fully saturated rings. The van der Waals surface area contributed by atoms with Crippen molar-refractivity contribution in [2.45, 2.75) is 5.54 Å². The van der Waals surface area contributed by atoms with E-state index in [0.29, 0.717) is 11.3 Å². The average Bonchev–Trinajstić information content (AvgIpc) is 2.47. The maximum absolute atomic E-state index is 12.8. The minimum atomic E-state index is -1.23. The highest BCUT2D eigenvalue weighted by atomic mass is 19.1. The van der Waals surface area contributed by atoms with Crippen LogP contribution < -0.4 is 10.5 Å². The van der Waals surface area contributed by atoms with Crippen molar-refractivity contribution < 1.29 is 9.13 Å². The van der Waals surface area contributed by atoms with Crippen LogP contribution in [0.3, 0.4) is 0 Å². The quantitative estimate of drug-likeness (QED) is 0.914. The maximum Gasteiger partial charge on any atom is 0.164 e. The molecule has 0 aliphatic heterocycles. The summed E-state index contributed by atoms with van der Waals surface area (Å²) in [4.78, 5) is 0. The van der Waals surface area contributed by atoms with Crippen molar-refractivity contribution in [1.82, 2.24) is 0 Å². The summed E-state index contributed by atoms with van der Waals surface area (Å²) < 4.78 is 18.2. The maximum atomic E-state index is 12.8. The van der Waals surface area contributed by atoms with Crippen molar-refractivity contribution in [1.29, 1.82) is 5.26 Å². The van der Waals surface area contributed by atoms with Gasteiger partial charge in [0.05, 0.1) is 6.07 Å². The molecule has 0 saturated carbocycles. The standard InChI is InChI=1S/C15H13FN2O/c16-13-6-8-14(9-7-13)19-11-15(18,10-17)12-4-2-1-3-5-12/h1-9H,11,18H2. The van der Waals surface area contributed by atoms with Crippen LogP contribution in [0.4, 0.5) is 4.39 Å². The van der Waals surface area contributed by atoms with Gasteiger partial charge < -0.3 is 10.5 Å². The Hall–Kier alpha value is -2.38. The molecule has 3 nitrogen and oxygen atoms in total. The number of nitriles is 1. The van der Waals surface area contributed by atoms with E-state index in [4.69, 9.17) is 10.5 Å². The molecule has 0 saturated heterocycles. The van der Waals surface area contributed by atoms with Crippen LogP contribution in [0.2, 0.25) is 0 Å². The summed E-state index contributed by atoms with van der Waals surface area (Å²) in [6.45, 7) is -0.000848. The Morgan fingerprint density at radius 1 is 1.11 bits per heavy atom. The molecule has 0 radical (unpaired) electrons. The Morgan fingerprint density at radius 2 is 1.74 bits per heavy atom. The van der Waals surface area contributed by atoms with Crippen molar-refractivity contribution in [3.63, 3.8) is 0 Å². The summed E-state index contributed by atoms with van der Waals surface area (Å²) >= 11 is 0. The fourth-order valence-electron chi connectivity index (χ4n) is 1.64. The summed E-state index contributed by atoms with van der Waals surface area (Å²) in [7, 11) is 0. The molecule has 0 spiro atoms. The Morgan fingerprint density at radius 3 is 2.32 bits per heavy atom. The fraction of sp³-hybridized carbons (Fsp3) is 0.133. The summed E-state index contributed by atoms with van der Waals surface area (Å²) in [6.07, 6.45) is 0. The lowest BCUT2D eigenvalue weighted by molar-refractivity contribution is 0.255. The molecule has 2 aromatic rings. The Balaban J connectivity index is 2.12. The van der Waals surface area contributed by atoms with Gasteiger partial charge in [-0.3, -0.25) is 0 Å². The van der Waals surface area contributed by atoms with E-state index in [1.165, 1.54) is 24.3 Å². The third-order valence-electron chi connectivity index (χ3n) is 2.77. The lowest BCUT2D eigenvalue weighted by Crippen LogP contribution is -2.41. The molecule has 0 amide bonds. The zero-order chi connectivity index (χ0) is 13.7. The van der Waals surface area contributed by atoms with Gasteiger partial charge in [0.25, 0.3) is 0 Å². The molecular formula is C15H13FN2O. The Bertz CT molecular complexity index is 577. The second-order valence-corrected chi connectivity index (χ2v) is 4.19. The minimum Gasteiger partial charge on any atom is -0.490 e. The smallest absolute Gasteiger partial charge is 0.164 e. The van der Waals surface area contributed by atoms with E-state index < -0.39 is 5.54 Å². The molecule has 19 heavy (non-hydrogen) atoms. The van der Waals surface area contributed by atoms with Gasteiger partial charge in [0.1, 0.15) is 18.2 Å². The molecule has 1 atom stereocenters. The average molecular weight is 256 g/mol. The van der Waals surface area contributed by atoms with E-state index in [1.54, 1.807) is 12.1 Å². The van der Waals surface area contributed by atoms with Crippen LogP contribution >= 0.6 is 0 Å². The highest BCUT2D eigenvalue weighted by molar-refractivity contribution is 5.31. The van der Waals surface area contributed by atoms with Crippen LogP contribution in [0.15, 0.2) is 54.6 Å². The van der Waals surface area contributed by atoms with E-state index in [2.05, 4.69) is 6.07 Å². The van der Waals surface area contributed by atoms with Crippen LogP contribution in [0.5, 0.6) is 5.75 Å². The molecular weight excluding hydrogens is 243 g/mol. The van der Waals surface area contributed by atoms with Crippen molar-refractivity contribution >= 4 is 0 Å². The second kappa shape index (κ2) is 5.51. The zero-order valence-electron chi connectivity index (χ0n) is 10.2. The van der Waals surface area contributed by atoms with E-state index in [1.807, 2.05) is 18.2 Å². The molecule has 2 N–H and O–H groups in total. The van der Waals surface area contributed by atoms with Crippen molar-refractivity contribution in [2.75, 3.05) is 6.61 Å². The van der Waals surface area contributed by atoms with Crippen LogP contribution in [0, 0.1) is 17.1 Å². The number of halogens is 1.